The Kier molecular flexibility index (Phi) is 7.12. The molecule has 1 aliphatic rings. The maximum atomic E-state index is 13.2. The molecule has 0 amide bonds. The quantitative estimate of drug-likeness (QED) is 0.574. The van der Waals surface area contributed by atoms with Gasteiger partial charge in [0.25, 0.3) is 11.5 Å². The molecule has 0 saturated carbocycles. The lowest BCUT2D eigenvalue weighted by Crippen LogP contribution is -2.45. The number of rotatable bonds is 6. The number of ether oxygens (including phenoxy) is 4. The zero-order chi connectivity index (χ0) is 24.3. The molecule has 1 saturated heterocycles. The fraction of sp³-hybridized carbons (Fsp3) is 0.409. The second-order valence-electron chi connectivity index (χ2n) is 7.49. The van der Waals surface area contributed by atoms with Crippen molar-refractivity contribution in [3.8, 4) is 5.75 Å². The van der Waals surface area contributed by atoms with Crippen LogP contribution in [0.4, 0.5) is 0 Å². The molecule has 1 aliphatic heterocycles. The van der Waals surface area contributed by atoms with E-state index in [1.807, 2.05) is 0 Å². The van der Waals surface area contributed by atoms with Crippen LogP contribution in [0, 0.1) is 6.92 Å². The van der Waals surface area contributed by atoms with E-state index >= 15 is 0 Å². The minimum absolute atomic E-state index is 0.0553. The summed E-state index contributed by atoms with van der Waals surface area (Å²) in [5, 5.41) is 0. The average Bonchev–Trinajstić information content (AvgIpc) is 3.16. The molecule has 11 nitrogen and oxygen atoms in total. The molecule has 0 unspecified atom stereocenters. The Hall–Kier alpha value is -3.73. The van der Waals surface area contributed by atoms with E-state index in [0.29, 0.717) is 10.3 Å². The van der Waals surface area contributed by atoms with Crippen LogP contribution >= 0.6 is 0 Å². The van der Waals surface area contributed by atoms with Crippen LogP contribution in [0.25, 0.3) is 0 Å². The molecule has 0 N–H and O–H groups in total. The minimum Gasteiger partial charge on any atom is -0.497 e. The van der Waals surface area contributed by atoms with Gasteiger partial charge in [0.05, 0.1) is 7.11 Å². The van der Waals surface area contributed by atoms with E-state index in [2.05, 4.69) is 0 Å². The van der Waals surface area contributed by atoms with Crippen LogP contribution in [-0.2, 0) is 23.8 Å². The number of carbonyl (C=O) groups excluding carboxylic acids is 3. The monoisotopic (exact) mass is 460 g/mol. The van der Waals surface area contributed by atoms with Gasteiger partial charge in [-0.25, -0.2) is 4.79 Å². The van der Waals surface area contributed by atoms with Crippen molar-refractivity contribution in [2.45, 2.75) is 45.6 Å². The highest BCUT2D eigenvalue weighted by Crippen LogP contribution is 2.30. The number of carbonyl (C=O) groups is 3. The summed E-state index contributed by atoms with van der Waals surface area (Å²) < 4.78 is 22.7. The van der Waals surface area contributed by atoms with E-state index in [0.717, 1.165) is 4.57 Å². The molecular formula is C22H24N2O9. The van der Waals surface area contributed by atoms with Crippen LogP contribution in [-0.4, -0.2) is 52.9 Å². The van der Waals surface area contributed by atoms with Crippen LogP contribution in [0.3, 0.4) is 0 Å². The van der Waals surface area contributed by atoms with Crippen molar-refractivity contribution >= 4 is 17.8 Å². The standard InChI is InChI=1S/C22H24N2O9/c1-12-10-23(19-9-17(32-14(3)26)18(33-19)11-31-13(2)25)22(29)24(20(12)27)21(28)15-5-7-16(30-4)8-6-15/h5-8,10,17-19H,9,11H2,1-4H3/t17-,18-,19+/m0/s1. The number of aryl methyl sites for hydroxylation is 1. The predicted octanol–water partition coefficient (Wildman–Crippen LogP) is 0.798. The molecule has 1 aromatic heterocycles. The highest BCUT2D eigenvalue weighted by atomic mass is 16.6. The molecule has 1 fully saturated rings. The lowest BCUT2D eigenvalue weighted by Gasteiger charge is -2.18. The first-order chi connectivity index (χ1) is 15.6. The lowest BCUT2D eigenvalue weighted by molar-refractivity contribution is -0.155. The van der Waals surface area contributed by atoms with Crippen LogP contribution in [0.2, 0.25) is 0 Å². The van der Waals surface area contributed by atoms with Crippen molar-refractivity contribution in [1.29, 1.82) is 0 Å². The maximum absolute atomic E-state index is 13.2. The van der Waals surface area contributed by atoms with Gasteiger partial charge in [0, 0.05) is 37.6 Å². The predicted molar refractivity (Wildman–Crippen MR) is 113 cm³/mol. The number of esters is 2. The fourth-order valence-electron chi connectivity index (χ4n) is 3.50. The van der Waals surface area contributed by atoms with Crippen LogP contribution in [0.15, 0.2) is 40.1 Å². The van der Waals surface area contributed by atoms with Crippen LogP contribution < -0.4 is 16.0 Å². The summed E-state index contributed by atoms with van der Waals surface area (Å²) in [6.07, 6.45) is -1.24. The molecule has 1 aromatic carbocycles. The number of nitrogens with zero attached hydrogens (tertiary/aromatic N) is 2. The van der Waals surface area contributed by atoms with Gasteiger partial charge in [-0.1, -0.05) is 0 Å². The SMILES string of the molecule is COc1ccc(C(=O)n2c(=O)c(C)cn([C@H]3C[C@H](OC(C)=O)[C@H](COC(C)=O)O3)c2=O)cc1. The number of methoxy groups -OCH3 is 1. The first kappa shape index (κ1) is 23.9. The van der Waals surface area contributed by atoms with Crippen molar-refractivity contribution in [2.24, 2.45) is 0 Å². The molecule has 33 heavy (non-hydrogen) atoms. The number of hydrogen-bond donors (Lipinski definition) is 0. The molecule has 0 radical (unpaired) electrons. The molecule has 0 bridgehead atoms. The largest absolute Gasteiger partial charge is 0.497 e. The summed E-state index contributed by atoms with van der Waals surface area (Å²) in [6, 6.07) is 5.96. The summed E-state index contributed by atoms with van der Waals surface area (Å²) in [6.45, 7) is 3.72. The summed E-state index contributed by atoms with van der Waals surface area (Å²) in [7, 11) is 1.47. The van der Waals surface area contributed by atoms with Crippen molar-refractivity contribution in [3.05, 3.63) is 62.4 Å². The molecule has 176 valence electrons. The fourth-order valence-corrected chi connectivity index (χ4v) is 3.50. The molecule has 0 spiro atoms. The van der Waals surface area contributed by atoms with Crippen LogP contribution in [0.1, 0.15) is 42.4 Å². The average molecular weight is 460 g/mol. The van der Waals surface area contributed by atoms with Gasteiger partial charge in [-0.15, -0.1) is 0 Å². The maximum Gasteiger partial charge on any atom is 0.340 e. The van der Waals surface area contributed by atoms with Crippen molar-refractivity contribution in [2.75, 3.05) is 13.7 Å². The molecule has 3 rings (SSSR count). The minimum atomic E-state index is -0.961. The first-order valence-corrected chi connectivity index (χ1v) is 10.1. The Morgan fingerprint density at radius 1 is 1.09 bits per heavy atom. The normalized spacial score (nSPS) is 19.7. The highest BCUT2D eigenvalue weighted by Gasteiger charge is 2.40. The summed E-state index contributed by atoms with van der Waals surface area (Å²) in [4.78, 5) is 61.5. The summed E-state index contributed by atoms with van der Waals surface area (Å²) in [5.41, 5.74) is -1.42. The second kappa shape index (κ2) is 9.82. The van der Waals surface area contributed by atoms with E-state index in [1.165, 1.54) is 58.3 Å². The molecular weight excluding hydrogens is 436 g/mol. The number of benzene rings is 1. The lowest BCUT2D eigenvalue weighted by atomic mass is 10.2. The zero-order valence-corrected chi connectivity index (χ0v) is 18.6. The van der Waals surface area contributed by atoms with Crippen molar-refractivity contribution in [3.63, 3.8) is 0 Å². The van der Waals surface area contributed by atoms with E-state index in [1.54, 1.807) is 0 Å². The van der Waals surface area contributed by atoms with Crippen molar-refractivity contribution in [1.82, 2.24) is 9.13 Å². The number of aromatic nitrogens is 2. The third-order valence-corrected chi connectivity index (χ3v) is 5.08. The van der Waals surface area contributed by atoms with Crippen molar-refractivity contribution < 1.29 is 33.3 Å². The molecule has 3 atom stereocenters. The van der Waals surface area contributed by atoms with Gasteiger partial charge in [0.1, 0.15) is 30.8 Å². The van der Waals surface area contributed by atoms with Crippen LogP contribution in [0.5, 0.6) is 5.75 Å². The third-order valence-electron chi connectivity index (χ3n) is 5.08. The molecule has 2 aromatic rings. The Morgan fingerprint density at radius 3 is 2.33 bits per heavy atom. The van der Waals surface area contributed by atoms with E-state index in [4.69, 9.17) is 18.9 Å². The Bertz CT molecular complexity index is 1180. The molecule has 0 aliphatic carbocycles. The molecule has 2 heterocycles. The smallest absolute Gasteiger partial charge is 0.340 e. The zero-order valence-electron chi connectivity index (χ0n) is 18.6. The second-order valence-corrected chi connectivity index (χ2v) is 7.49. The summed E-state index contributed by atoms with van der Waals surface area (Å²) in [5.74, 6) is -1.41. The number of hydrogen-bond acceptors (Lipinski definition) is 9. The van der Waals surface area contributed by atoms with Gasteiger partial charge in [0.15, 0.2) is 0 Å². The van der Waals surface area contributed by atoms with E-state index < -0.39 is 47.5 Å². The van der Waals surface area contributed by atoms with Gasteiger partial charge >= 0.3 is 17.6 Å². The Labute approximate surface area is 188 Å². The van der Waals surface area contributed by atoms with Gasteiger partial charge in [-0.3, -0.25) is 23.7 Å². The van der Waals surface area contributed by atoms with Gasteiger partial charge in [-0.2, -0.15) is 4.57 Å². The third kappa shape index (κ3) is 5.20. The summed E-state index contributed by atoms with van der Waals surface area (Å²) >= 11 is 0. The molecule has 11 heteroatoms. The van der Waals surface area contributed by atoms with Gasteiger partial charge < -0.3 is 18.9 Å². The first-order valence-electron chi connectivity index (χ1n) is 10.1. The Balaban J connectivity index is 1.98. The highest BCUT2D eigenvalue weighted by molar-refractivity contribution is 5.95. The van der Waals surface area contributed by atoms with E-state index in [9.17, 15) is 24.0 Å². The Morgan fingerprint density at radius 2 is 1.76 bits per heavy atom. The topological polar surface area (TPSA) is 132 Å². The van der Waals surface area contributed by atoms with Gasteiger partial charge in [-0.05, 0) is 31.2 Å². The van der Waals surface area contributed by atoms with Gasteiger partial charge in [0.2, 0.25) is 0 Å². The van der Waals surface area contributed by atoms with E-state index in [-0.39, 0.29) is 24.2 Å².